The lowest BCUT2D eigenvalue weighted by Crippen LogP contribution is -2.52. The second-order valence-electron chi connectivity index (χ2n) is 14.3. The van der Waals surface area contributed by atoms with Crippen LogP contribution in [0.25, 0.3) is 22.3 Å². The first-order valence-corrected chi connectivity index (χ1v) is 17.5. The first kappa shape index (κ1) is 33.4. The van der Waals surface area contributed by atoms with Crippen LogP contribution in [-0.2, 0) is 0 Å². The summed E-state index contributed by atoms with van der Waals surface area (Å²) in [6.07, 6.45) is 8.03. The highest BCUT2D eigenvalue weighted by Gasteiger charge is 2.33. The van der Waals surface area contributed by atoms with E-state index in [0.29, 0.717) is 41.8 Å². The fourth-order valence-electron chi connectivity index (χ4n) is 7.80. The molecule has 2 aliphatic heterocycles. The van der Waals surface area contributed by atoms with Crippen molar-refractivity contribution >= 4 is 28.6 Å². The van der Waals surface area contributed by atoms with Gasteiger partial charge in [-0.3, -0.25) is 20.0 Å². The normalized spacial score (nSPS) is 22.8. The number of piperidine rings is 1. The molecule has 260 valence electrons. The van der Waals surface area contributed by atoms with Crippen molar-refractivity contribution in [1.29, 1.82) is 0 Å². The van der Waals surface area contributed by atoms with Crippen LogP contribution in [-0.4, -0.2) is 105 Å². The lowest BCUT2D eigenvalue weighted by atomic mass is 9.83. The Labute approximate surface area is 287 Å². The molecule has 0 bridgehead atoms. The van der Waals surface area contributed by atoms with Crippen LogP contribution in [0.2, 0.25) is 0 Å². The van der Waals surface area contributed by atoms with E-state index in [1.54, 1.807) is 19.2 Å². The average Bonchev–Trinajstić information content (AvgIpc) is 3.46. The Bertz CT molecular complexity index is 1820. The van der Waals surface area contributed by atoms with Crippen LogP contribution >= 0.6 is 0 Å². The second kappa shape index (κ2) is 13.6. The van der Waals surface area contributed by atoms with Gasteiger partial charge in [-0.15, -0.1) is 0 Å². The zero-order valence-electron chi connectivity index (χ0n) is 29.0. The van der Waals surface area contributed by atoms with Crippen LogP contribution in [0, 0.1) is 12.7 Å². The molecule has 3 fully saturated rings. The van der Waals surface area contributed by atoms with E-state index in [-0.39, 0.29) is 17.3 Å². The van der Waals surface area contributed by atoms with Crippen LogP contribution in [0.3, 0.4) is 0 Å². The van der Waals surface area contributed by atoms with Gasteiger partial charge in [0.25, 0.3) is 5.91 Å². The summed E-state index contributed by atoms with van der Waals surface area (Å²) in [7, 11) is 3.69. The molecule has 3 aliphatic rings. The second-order valence-corrected chi connectivity index (χ2v) is 14.3. The quantitative estimate of drug-likeness (QED) is 0.271. The van der Waals surface area contributed by atoms with Crippen LogP contribution in [0.15, 0.2) is 42.7 Å². The third-order valence-corrected chi connectivity index (χ3v) is 10.8. The van der Waals surface area contributed by atoms with Gasteiger partial charge < -0.3 is 24.2 Å². The first-order valence-electron chi connectivity index (χ1n) is 17.5. The van der Waals surface area contributed by atoms with Gasteiger partial charge in [0.1, 0.15) is 11.4 Å². The topological polar surface area (TPSA) is 112 Å². The summed E-state index contributed by atoms with van der Waals surface area (Å²) >= 11 is 0. The number of benzene rings is 1. The molecule has 3 aromatic heterocycles. The van der Waals surface area contributed by atoms with Gasteiger partial charge in [0.05, 0.1) is 34.9 Å². The molecule has 1 amide bonds. The van der Waals surface area contributed by atoms with Gasteiger partial charge in [-0.25, -0.2) is 14.4 Å². The zero-order chi connectivity index (χ0) is 34.3. The monoisotopic (exact) mass is 670 g/mol. The smallest absolute Gasteiger partial charge is 0.261 e. The summed E-state index contributed by atoms with van der Waals surface area (Å²) in [4.78, 5) is 34.8. The van der Waals surface area contributed by atoms with Gasteiger partial charge in [-0.2, -0.15) is 0 Å². The number of hydrogen-bond donors (Lipinski definition) is 2. The van der Waals surface area contributed by atoms with Crippen LogP contribution < -0.4 is 15.0 Å². The number of fused-ring (bicyclic) bond motifs is 1. The zero-order valence-corrected chi connectivity index (χ0v) is 29.0. The number of carbonyl (C=O) groups is 1. The molecule has 2 saturated heterocycles. The number of amides is 1. The number of aryl methyl sites for hydroxylation is 1. The van der Waals surface area contributed by atoms with Gasteiger partial charge in [-0.1, -0.05) is 0 Å². The Balaban J connectivity index is 1.19. The van der Waals surface area contributed by atoms with E-state index in [9.17, 15) is 9.90 Å². The summed E-state index contributed by atoms with van der Waals surface area (Å²) < 4.78 is 23.6. The van der Waals surface area contributed by atoms with E-state index >= 15 is 4.39 Å². The largest absolute Gasteiger partial charge is 0.496 e. The Kier molecular flexibility index (Phi) is 9.29. The molecule has 1 aromatic carbocycles. The number of aliphatic hydroxyl groups is 1. The number of halogens is 1. The molecule has 0 spiro atoms. The molecule has 49 heavy (non-hydrogen) atoms. The van der Waals surface area contributed by atoms with Gasteiger partial charge in [0.2, 0.25) is 5.95 Å². The van der Waals surface area contributed by atoms with Crippen molar-refractivity contribution in [3.63, 3.8) is 0 Å². The molecule has 11 nitrogen and oxygen atoms in total. The third-order valence-electron chi connectivity index (χ3n) is 10.8. The Hall–Kier alpha value is -4.13. The van der Waals surface area contributed by atoms with E-state index in [1.165, 1.54) is 19.4 Å². The molecule has 0 atom stereocenters. The summed E-state index contributed by atoms with van der Waals surface area (Å²) in [6, 6.07) is 10.0. The van der Waals surface area contributed by atoms with Gasteiger partial charge in [0.15, 0.2) is 5.82 Å². The number of rotatable bonds is 7. The minimum atomic E-state index is -0.756. The van der Waals surface area contributed by atoms with Crippen molar-refractivity contribution < 1.29 is 19.0 Å². The number of hydrogen-bond acceptors (Lipinski definition) is 9. The van der Waals surface area contributed by atoms with Crippen molar-refractivity contribution in [2.45, 2.75) is 70.1 Å². The fraction of sp³-hybridized carbons (Fsp3) is 0.514. The highest BCUT2D eigenvalue weighted by Crippen LogP contribution is 2.40. The molecule has 1 aliphatic carbocycles. The minimum absolute atomic E-state index is 0.000787. The van der Waals surface area contributed by atoms with Crippen molar-refractivity contribution in [3.05, 3.63) is 59.8 Å². The summed E-state index contributed by atoms with van der Waals surface area (Å²) in [5.74, 6) is -0.592. The maximum absolute atomic E-state index is 16.1. The number of piperazine rings is 1. The molecule has 7 rings (SSSR count). The maximum atomic E-state index is 16.1. The maximum Gasteiger partial charge on any atom is 0.261 e. The van der Waals surface area contributed by atoms with Gasteiger partial charge in [0, 0.05) is 75.1 Å². The van der Waals surface area contributed by atoms with Crippen molar-refractivity contribution in [3.8, 4) is 17.0 Å². The fourth-order valence-corrected chi connectivity index (χ4v) is 7.80. The number of carbonyl (C=O) groups excluding carboxylic acids is 1. The minimum Gasteiger partial charge on any atom is -0.496 e. The molecule has 4 aromatic rings. The number of ether oxygens (including phenoxy) is 1. The Morgan fingerprint density at radius 3 is 2.45 bits per heavy atom. The van der Waals surface area contributed by atoms with Gasteiger partial charge >= 0.3 is 0 Å². The van der Waals surface area contributed by atoms with E-state index < -0.39 is 17.3 Å². The predicted molar refractivity (Wildman–Crippen MR) is 189 cm³/mol. The van der Waals surface area contributed by atoms with Crippen LogP contribution in [0.1, 0.15) is 67.5 Å². The summed E-state index contributed by atoms with van der Waals surface area (Å²) in [6.45, 7) is 10.1. The van der Waals surface area contributed by atoms with Gasteiger partial charge in [-0.05, 0) is 89.8 Å². The van der Waals surface area contributed by atoms with Crippen LogP contribution in [0.4, 0.5) is 16.0 Å². The Morgan fingerprint density at radius 2 is 1.73 bits per heavy atom. The lowest BCUT2D eigenvalue weighted by molar-refractivity contribution is 0.0106. The molecule has 12 heteroatoms. The number of nitrogens with one attached hydrogen (secondary N) is 1. The molecule has 0 unspecified atom stereocenters. The number of nitrogens with zero attached hydrogens (tertiary/aromatic N) is 7. The molecule has 1 saturated carbocycles. The SMILES string of the molecule is COc1ccncc1-c1nc(C)cc(C(=O)Nc2nc3ccc(N4CCC(N5CCN(C)CC5)CC4)cc3n2C2CCC(C)(O)CC2)c1F. The van der Waals surface area contributed by atoms with E-state index in [0.717, 1.165) is 81.7 Å². The molecule has 0 radical (unpaired) electrons. The van der Waals surface area contributed by atoms with Crippen LogP contribution in [0.5, 0.6) is 5.75 Å². The highest BCUT2D eigenvalue weighted by molar-refractivity contribution is 6.05. The summed E-state index contributed by atoms with van der Waals surface area (Å²) in [5.41, 5.74) is 2.80. The van der Waals surface area contributed by atoms with Crippen molar-refractivity contribution in [2.75, 3.05) is 63.6 Å². The predicted octanol–water partition coefficient (Wildman–Crippen LogP) is 5.28. The third kappa shape index (κ3) is 6.86. The van der Waals surface area contributed by atoms with Crippen molar-refractivity contribution in [1.82, 2.24) is 29.3 Å². The number of imidazole rings is 1. The van der Waals surface area contributed by atoms with E-state index in [4.69, 9.17) is 9.72 Å². The first-order chi connectivity index (χ1) is 23.6. The number of pyridine rings is 2. The van der Waals surface area contributed by atoms with E-state index in [2.05, 4.69) is 53.7 Å². The number of aromatic nitrogens is 4. The Morgan fingerprint density at radius 1 is 1.00 bits per heavy atom. The highest BCUT2D eigenvalue weighted by atomic mass is 19.1. The standard InChI is InChI=1S/C37H47FN8O3/c1-24-21-28(33(38)34(40-24)29-23-39-14-9-32(29)49-4)35(47)42-36-41-30-6-5-27(22-31(30)46(36)26-7-12-37(2,48)13-8-26)44-15-10-25(11-16-44)45-19-17-43(3)18-20-45/h5-6,9,14,21-23,25-26,48H,7-8,10-13,15-20H2,1-4H3,(H,41,42,47). The lowest BCUT2D eigenvalue weighted by Gasteiger charge is -2.42. The number of likely N-dealkylation sites (N-methyl/N-ethyl adjacent to an activating group) is 1. The number of methoxy groups -OCH3 is 1. The van der Waals surface area contributed by atoms with Crippen molar-refractivity contribution in [2.24, 2.45) is 0 Å². The molecule has 2 N–H and O–H groups in total. The molecule has 5 heterocycles. The number of anilines is 2. The average molecular weight is 671 g/mol. The molecular formula is C37H47FN8O3. The molecular weight excluding hydrogens is 623 g/mol. The summed E-state index contributed by atoms with van der Waals surface area (Å²) in [5, 5.41) is 13.7. The van der Waals surface area contributed by atoms with E-state index in [1.807, 2.05) is 13.0 Å².